The van der Waals surface area contributed by atoms with Gasteiger partial charge in [0.25, 0.3) is 0 Å². The summed E-state index contributed by atoms with van der Waals surface area (Å²) >= 11 is 0. The number of carbonyl (C=O) groups excluding carboxylic acids is 4. The zero-order chi connectivity index (χ0) is 22.2. The van der Waals surface area contributed by atoms with Crippen molar-refractivity contribution in [1.82, 2.24) is 20.4 Å². The van der Waals surface area contributed by atoms with Gasteiger partial charge in [0.05, 0.1) is 6.54 Å². The molecule has 2 fully saturated rings. The lowest BCUT2D eigenvalue weighted by Crippen LogP contribution is -2.49. The Morgan fingerprint density at radius 2 is 1.65 bits per heavy atom. The number of hydrogen-bond donors (Lipinski definition) is 2. The first-order valence-electron chi connectivity index (χ1n) is 11.1. The second-order valence-corrected chi connectivity index (χ2v) is 8.22. The summed E-state index contributed by atoms with van der Waals surface area (Å²) in [5.41, 5.74) is 1.14. The third-order valence-electron chi connectivity index (χ3n) is 6.22. The first-order chi connectivity index (χ1) is 15.0. The van der Waals surface area contributed by atoms with Crippen molar-refractivity contribution in [3.63, 3.8) is 0 Å². The van der Waals surface area contributed by atoms with Crippen molar-refractivity contribution < 1.29 is 19.2 Å². The number of rotatable bonds is 7. The van der Waals surface area contributed by atoms with Gasteiger partial charge in [-0.15, -0.1) is 0 Å². The van der Waals surface area contributed by atoms with Crippen LogP contribution in [0.25, 0.3) is 0 Å². The van der Waals surface area contributed by atoms with E-state index in [0.717, 1.165) is 18.4 Å². The van der Waals surface area contributed by atoms with E-state index in [1.165, 1.54) is 0 Å². The van der Waals surface area contributed by atoms with E-state index in [-0.39, 0.29) is 36.1 Å². The normalized spacial score (nSPS) is 19.2. The molecule has 0 saturated carbocycles. The highest BCUT2D eigenvalue weighted by Gasteiger charge is 2.34. The van der Waals surface area contributed by atoms with Gasteiger partial charge in [-0.05, 0) is 37.7 Å². The van der Waals surface area contributed by atoms with Crippen LogP contribution in [0.4, 0.5) is 0 Å². The minimum Gasteiger partial charge on any atom is -0.357 e. The van der Waals surface area contributed by atoms with E-state index >= 15 is 0 Å². The largest absolute Gasteiger partial charge is 0.357 e. The second-order valence-electron chi connectivity index (χ2n) is 8.22. The van der Waals surface area contributed by atoms with E-state index in [4.69, 9.17) is 0 Å². The van der Waals surface area contributed by atoms with Gasteiger partial charge in [0.15, 0.2) is 0 Å². The number of amides is 4. The van der Waals surface area contributed by atoms with E-state index in [9.17, 15) is 19.2 Å². The Hall–Kier alpha value is -2.90. The van der Waals surface area contributed by atoms with Gasteiger partial charge in [-0.25, -0.2) is 0 Å². The molecule has 2 aliphatic rings. The van der Waals surface area contributed by atoms with E-state index < -0.39 is 6.04 Å². The molecule has 8 heteroatoms. The predicted molar refractivity (Wildman–Crippen MR) is 116 cm³/mol. The highest BCUT2D eigenvalue weighted by molar-refractivity contribution is 5.91. The summed E-state index contributed by atoms with van der Waals surface area (Å²) in [6, 6.07) is 9.49. The van der Waals surface area contributed by atoms with E-state index in [0.29, 0.717) is 45.3 Å². The van der Waals surface area contributed by atoms with Crippen LogP contribution < -0.4 is 10.6 Å². The standard InChI is InChI=1S/C23H32N4O4/c1-24-23(31)19-8-5-13-27(19)21(29)16-25-22(30)18-11-14-26(15-12-18)20(28)10-9-17-6-3-2-4-7-17/h2-4,6-7,18-19H,5,8-16H2,1H3,(H,24,31)(H,25,30). The molecule has 2 N–H and O–H groups in total. The fraction of sp³-hybridized carbons (Fsp3) is 0.565. The van der Waals surface area contributed by atoms with Gasteiger partial charge in [-0.3, -0.25) is 19.2 Å². The SMILES string of the molecule is CNC(=O)C1CCCN1C(=O)CNC(=O)C1CCN(C(=O)CCc2ccccc2)CC1. The quantitative estimate of drug-likeness (QED) is 0.668. The van der Waals surface area contributed by atoms with E-state index in [1.807, 2.05) is 35.2 Å². The third kappa shape index (κ3) is 6.06. The van der Waals surface area contributed by atoms with Crippen molar-refractivity contribution in [2.24, 2.45) is 5.92 Å². The van der Waals surface area contributed by atoms with Crippen LogP contribution in [0.5, 0.6) is 0 Å². The molecule has 2 aliphatic heterocycles. The number of piperidine rings is 1. The van der Waals surface area contributed by atoms with Crippen LogP contribution in [0, 0.1) is 5.92 Å². The van der Waals surface area contributed by atoms with Crippen molar-refractivity contribution in [2.45, 2.75) is 44.6 Å². The van der Waals surface area contributed by atoms with Crippen LogP contribution in [0.1, 0.15) is 37.7 Å². The first-order valence-corrected chi connectivity index (χ1v) is 11.1. The number of hydrogen-bond acceptors (Lipinski definition) is 4. The maximum absolute atomic E-state index is 12.5. The van der Waals surface area contributed by atoms with Crippen LogP contribution in [-0.2, 0) is 25.6 Å². The van der Waals surface area contributed by atoms with Crippen molar-refractivity contribution in [1.29, 1.82) is 0 Å². The molecule has 3 rings (SSSR count). The van der Waals surface area contributed by atoms with Gasteiger partial charge in [0.2, 0.25) is 23.6 Å². The van der Waals surface area contributed by atoms with Gasteiger partial charge < -0.3 is 20.4 Å². The van der Waals surface area contributed by atoms with Crippen molar-refractivity contribution in [2.75, 3.05) is 33.2 Å². The Bertz CT molecular complexity index is 790. The average Bonchev–Trinajstić information content (AvgIpc) is 3.31. The Morgan fingerprint density at radius 1 is 0.935 bits per heavy atom. The number of likely N-dealkylation sites (tertiary alicyclic amines) is 2. The molecule has 2 saturated heterocycles. The molecule has 4 amide bonds. The van der Waals surface area contributed by atoms with Gasteiger partial charge in [0.1, 0.15) is 6.04 Å². The fourth-order valence-corrected chi connectivity index (χ4v) is 4.36. The summed E-state index contributed by atoms with van der Waals surface area (Å²) in [7, 11) is 1.56. The Morgan fingerprint density at radius 3 is 2.32 bits per heavy atom. The molecule has 0 bridgehead atoms. The minimum atomic E-state index is -0.445. The number of nitrogens with one attached hydrogen (secondary N) is 2. The summed E-state index contributed by atoms with van der Waals surface area (Å²) in [4.78, 5) is 52.7. The maximum Gasteiger partial charge on any atom is 0.242 e. The lowest BCUT2D eigenvalue weighted by Gasteiger charge is -2.31. The number of aryl methyl sites for hydroxylation is 1. The van der Waals surface area contributed by atoms with E-state index in [2.05, 4.69) is 10.6 Å². The van der Waals surface area contributed by atoms with Crippen LogP contribution >= 0.6 is 0 Å². The Balaban J connectivity index is 1.38. The van der Waals surface area contributed by atoms with Crippen molar-refractivity contribution in [3.05, 3.63) is 35.9 Å². The lowest BCUT2D eigenvalue weighted by molar-refractivity contribution is -0.139. The zero-order valence-electron chi connectivity index (χ0n) is 18.1. The average molecular weight is 429 g/mol. The predicted octanol–water partition coefficient (Wildman–Crippen LogP) is 0.711. The molecule has 0 aromatic heterocycles. The molecule has 8 nitrogen and oxygen atoms in total. The topological polar surface area (TPSA) is 98.8 Å². The molecule has 1 aromatic carbocycles. The van der Waals surface area contributed by atoms with E-state index in [1.54, 1.807) is 11.9 Å². The molecule has 1 atom stereocenters. The number of nitrogens with zero attached hydrogens (tertiary/aromatic N) is 2. The smallest absolute Gasteiger partial charge is 0.242 e. The number of carbonyl (C=O) groups is 4. The van der Waals surface area contributed by atoms with Crippen LogP contribution in [-0.4, -0.2) is 72.7 Å². The zero-order valence-corrected chi connectivity index (χ0v) is 18.1. The maximum atomic E-state index is 12.5. The van der Waals surface area contributed by atoms with Crippen molar-refractivity contribution in [3.8, 4) is 0 Å². The first kappa shape index (κ1) is 22.8. The minimum absolute atomic E-state index is 0.0947. The van der Waals surface area contributed by atoms with Gasteiger partial charge in [0, 0.05) is 39.0 Å². The lowest BCUT2D eigenvalue weighted by atomic mass is 9.95. The monoisotopic (exact) mass is 428 g/mol. The molecule has 168 valence electrons. The van der Waals surface area contributed by atoms with Gasteiger partial charge >= 0.3 is 0 Å². The summed E-state index contributed by atoms with van der Waals surface area (Å²) < 4.78 is 0. The number of benzene rings is 1. The Labute approximate surface area is 183 Å². The highest BCUT2D eigenvalue weighted by Crippen LogP contribution is 2.20. The van der Waals surface area contributed by atoms with Gasteiger partial charge in [-0.1, -0.05) is 30.3 Å². The molecular weight excluding hydrogens is 396 g/mol. The van der Waals surface area contributed by atoms with Crippen molar-refractivity contribution >= 4 is 23.6 Å². The molecule has 1 unspecified atom stereocenters. The number of likely N-dealkylation sites (N-methyl/N-ethyl adjacent to an activating group) is 1. The molecule has 0 radical (unpaired) electrons. The summed E-state index contributed by atoms with van der Waals surface area (Å²) in [5.74, 6) is -0.624. The summed E-state index contributed by atoms with van der Waals surface area (Å²) in [5, 5.41) is 5.32. The van der Waals surface area contributed by atoms with Crippen LogP contribution in [0.15, 0.2) is 30.3 Å². The highest BCUT2D eigenvalue weighted by atomic mass is 16.2. The molecule has 1 aromatic rings. The molecule has 2 heterocycles. The van der Waals surface area contributed by atoms with Crippen LogP contribution in [0.3, 0.4) is 0 Å². The molecule has 31 heavy (non-hydrogen) atoms. The summed E-state index contributed by atoms with van der Waals surface area (Å²) in [6.07, 6.45) is 3.82. The molecular formula is C23H32N4O4. The second kappa shape index (κ2) is 10.9. The Kier molecular flexibility index (Phi) is 8.03. The molecule has 0 spiro atoms. The fourth-order valence-electron chi connectivity index (χ4n) is 4.36. The van der Waals surface area contributed by atoms with Crippen LogP contribution in [0.2, 0.25) is 0 Å². The third-order valence-corrected chi connectivity index (χ3v) is 6.22. The molecule has 0 aliphatic carbocycles. The summed E-state index contributed by atoms with van der Waals surface area (Å²) in [6.45, 7) is 1.56. The van der Waals surface area contributed by atoms with Gasteiger partial charge in [-0.2, -0.15) is 0 Å².